The fourth-order valence-electron chi connectivity index (χ4n) is 0.924. The van der Waals surface area contributed by atoms with E-state index in [2.05, 4.69) is 0 Å². The summed E-state index contributed by atoms with van der Waals surface area (Å²) in [6.45, 7) is 0. The van der Waals surface area contributed by atoms with Crippen LogP contribution in [0.15, 0.2) is 18.2 Å². The molecule has 1 rings (SSSR count). The maximum atomic E-state index is 10.5. The molecule has 14 heavy (non-hydrogen) atoms. The predicted octanol–water partition coefficient (Wildman–Crippen LogP) is -0.0331. The van der Waals surface area contributed by atoms with Crippen molar-refractivity contribution in [2.75, 3.05) is 7.11 Å². The molecule has 0 bridgehead atoms. The minimum absolute atomic E-state index is 0.110. The average molecular weight is 196 g/mol. The first-order chi connectivity index (χ1) is 6.54. The van der Waals surface area contributed by atoms with Crippen molar-refractivity contribution in [3.8, 4) is 5.75 Å². The highest BCUT2D eigenvalue weighted by Crippen LogP contribution is 2.21. The van der Waals surface area contributed by atoms with Crippen molar-refractivity contribution < 1.29 is 19.6 Å². The van der Waals surface area contributed by atoms with Crippen molar-refractivity contribution in [1.29, 1.82) is 0 Å². The van der Waals surface area contributed by atoms with Crippen molar-refractivity contribution in [2.24, 2.45) is 0 Å². The van der Waals surface area contributed by atoms with Crippen LogP contribution in [0.2, 0.25) is 0 Å². The minimum atomic E-state index is -1.48. The lowest BCUT2D eigenvalue weighted by molar-refractivity contribution is -0.385. The second-order valence-electron chi connectivity index (χ2n) is 2.46. The first-order valence-electron chi connectivity index (χ1n) is 3.59. The van der Waals surface area contributed by atoms with Crippen LogP contribution in [0.4, 0.5) is 5.69 Å². The van der Waals surface area contributed by atoms with Crippen LogP contribution in [0.5, 0.6) is 5.75 Å². The fraction of sp³-hybridized carbons (Fsp3) is 0.125. The quantitative estimate of drug-likeness (QED) is 0.499. The smallest absolute Gasteiger partial charge is 0.273 e. The van der Waals surface area contributed by atoms with Gasteiger partial charge in [0.05, 0.1) is 24.1 Å². The number of carboxylic acids is 1. The number of carbonyl (C=O) groups is 1. The Balaban J connectivity index is 3.27. The predicted molar refractivity (Wildman–Crippen MR) is 44.0 cm³/mol. The number of nitro benzene ring substituents is 1. The Morgan fingerprint density at radius 2 is 2.07 bits per heavy atom. The molecular formula is C8H6NO5-. The molecule has 0 radical (unpaired) electrons. The van der Waals surface area contributed by atoms with Crippen molar-refractivity contribution in [2.45, 2.75) is 0 Å². The number of rotatable bonds is 3. The van der Waals surface area contributed by atoms with Gasteiger partial charge < -0.3 is 14.6 Å². The molecule has 0 aromatic heterocycles. The SMILES string of the molecule is COc1cc(C(=O)[O-])cc([N+](=O)[O-])c1. The molecule has 1 aromatic carbocycles. The summed E-state index contributed by atoms with van der Waals surface area (Å²) in [6.07, 6.45) is 0. The molecule has 0 saturated heterocycles. The van der Waals surface area contributed by atoms with E-state index in [4.69, 9.17) is 4.74 Å². The monoisotopic (exact) mass is 196 g/mol. The zero-order chi connectivity index (χ0) is 10.7. The summed E-state index contributed by atoms with van der Waals surface area (Å²) in [4.78, 5) is 20.1. The molecule has 0 N–H and O–H groups in total. The number of hydrogen-bond donors (Lipinski definition) is 0. The molecule has 0 atom stereocenters. The topological polar surface area (TPSA) is 92.5 Å². The lowest BCUT2D eigenvalue weighted by atomic mass is 10.2. The first kappa shape index (κ1) is 9.97. The van der Waals surface area contributed by atoms with Gasteiger partial charge in [-0.25, -0.2) is 0 Å². The Labute approximate surface area is 78.9 Å². The zero-order valence-electron chi connectivity index (χ0n) is 7.22. The Kier molecular flexibility index (Phi) is 2.66. The Hall–Kier alpha value is -2.11. The van der Waals surface area contributed by atoms with Gasteiger partial charge in [0.1, 0.15) is 5.75 Å². The molecule has 74 valence electrons. The van der Waals surface area contributed by atoms with E-state index in [1.165, 1.54) is 7.11 Å². The molecule has 6 nitrogen and oxygen atoms in total. The van der Waals surface area contributed by atoms with Crippen molar-refractivity contribution in [3.05, 3.63) is 33.9 Å². The van der Waals surface area contributed by atoms with Crippen molar-refractivity contribution in [3.63, 3.8) is 0 Å². The van der Waals surface area contributed by atoms with Crippen LogP contribution in [0.3, 0.4) is 0 Å². The van der Waals surface area contributed by atoms with Crippen molar-refractivity contribution in [1.82, 2.24) is 0 Å². The first-order valence-corrected chi connectivity index (χ1v) is 3.59. The lowest BCUT2D eigenvalue weighted by Crippen LogP contribution is -2.22. The van der Waals surface area contributed by atoms with E-state index in [1.807, 2.05) is 0 Å². The number of methoxy groups -OCH3 is 1. The summed E-state index contributed by atoms with van der Waals surface area (Å²) in [5, 5.41) is 20.8. The van der Waals surface area contributed by atoms with Gasteiger partial charge in [-0.2, -0.15) is 0 Å². The Morgan fingerprint density at radius 3 is 2.50 bits per heavy atom. The van der Waals surface area contributed by atoms with Gasteiger partial charge in [-0.05, 0) is 6.07 Å². The van der Waals surface area contributed by atoms with Crippen LogP contribution in [-0.2, 0) is 0 Å². The van der Waals surface area contributed by atoms with Gasteiger partial charge in [0.25, 0.3) is 5.69 Å². The van der Waals surface area contributed by atoms with Gasteiger partial charge in [-0.3, -0.25) is 10.1 Å². The number of non-ortho nitro benzene ring substituents is 1. The van der Waals surface area contributed by atoms with Crippen LogP contribution in [0, 0.1) is 10.1 Å². The van der Waals surface area contributed by atoms with Gasteiger partial charge in [0.2, 0.25) is 0 Å². The van der Waals surface area contributed by atoms with Crippen LogP contribution in [-0.4, -0.2) is 18.0 Å². The third kappa shape index (κ3) is 1.98. The van der Waals surface area contributed by atoms with Gasteiger partial charge >= 0.3 is 0 Å². The molecule has 0 aliphatic carbocycles. The normalized spacial score (nSPS) is 9.50. The van der Waals surface area contributed by atoms with Gasteiger partial charge in [0, 0.05) is 11.6 Å². The zero-order valence-corrected chi connectivity index (χ0v) is 7.22. The summed E-state index contributed by atoms with van der Waals surface area (Å²) in [7, 11) is 1.29. The molecule has 0 saturated carbocycles. The molecule has 0 spiro atoms. The maximum absolute atomic E-state index is 10.5. The van der Waals surface area contributed by atoms with E-state index in [1.54, 1.807) is 0 Å². The number of aromatic carboxylic acids is 1. The van der Waals surface area contributed by atoms with Gasteiger partial charge in [-0.1, -0.05) is 0 Å². The molecule has 0 aliphatic heterocycles. The van der Waals surface area contributed by atoms with E-state index in [-0.39, 0.29) is 17.0 Å². The van der Waals surface area contributed by atoms with Gasteiger partial charge in [0.15, 0.2) is 0 Å². The Bertz CT molecular complexity index is 355. The van der Waals surface area contributed by atoms with Crippen LogP contribution >= 0.6 is 0 Å². The van der Waals surface area contributed by atoms with Crippen LogP contribution in [0.1, 0.15) is 10.4 Å². The largest absolute Gasteiger partial charge is 0.545 e. The highest BCUT2D eigenvalue weighted by atomic mass is 16.6. The molecule has 1 aromatic rings. The third-order valence-electron chi connectivity index (χ3n) is 1.57. The number of hydrogen-bond acceptors (Lipinski definition) is 5. The molecule has 0 fully saturated rings. The average Bonchev–Trinajstić information content (AvgIpc) is 2.16. The number of carbonyl (C=O) groups excluding carboxylic acids is 1. The van der Waals surface area contributed by atoms with Gasteiger partial charge in [-0.15, -0.1) is 0 Å². The van der Waals surface area contributed by atoms with E-state index in [0.717, 1.165) is 18.2 Å². The maximum Gasteiger partial charge on any atom is 0.273 e. The minimum Gasteiger partial charge on any atom is -0.545 e. The lowest BCUT2D eigenvalue weighted by Gasteiger charge is -2.05. The number of nitro groups is 1. The molecule has 0 heterocycles. The Morgan fingerprint density at radius 1 is 1.43 bits per heavy atom. The molecule has 0 aliphatic rings. The second kappa shape index (κ2) is 3.73. The summed E-state index contributed by atoms with van der Waals surface area (Å²) >= 11 is 0. The van der Waals surface area contributed by atoms with E-state index in [0.29, 0.717) is 0 Å². The van der Waals surface area contributed by atoms with E-state index in [9.17, 15) is 20.0 Å². The molecule has 6 heteroatoms. The number of carboxylic acid groups (broad SMARTS) is 1. The summed E-state index contributed by atoms with van der Waals surface area (Å²) in [5.41, 5.74) is -0.625. The fourth-order valence-corrected chi connectivity index (χ4v) is 0.924. The highest BCUT2D eigenvalue weighted by molar-refractivity contribution is 5.87. The number of nitrogens with zero attached hydrogens (tertiary/aromatic N) is 1. The standard InChI is InChI=1S/C8H7NO5/c1-14-7-3-5(8(10)11)2-6(4-7)9(12)13/h2-4H,1H3,(H,10,11)/p-1. The van der Waals surface area contributed by atoms with Crippen LogP contribution in [0.25, 0.3) is 0 Å². The van der Waals surface area contributed by atoms with Crippen molar-refractivity contribution >= 4 is 11.7 Å². The van der Waals surface area contributed by atoms with E-state index >= 15 is 0 Å². The van der Waals surface area contributed by atoms with Crippen LogP contribution < -0.4 is 9.84 Å². The second-order valence-corrected chi connectivity index (χ2v) is 2.46. The number of benzene rings is 1. The molecule has 0 amide bonds. The molecular weight excluding hydrogens is 190 g/mol. The third-order valence-corrected chi connectivity index (χ3v) is 1.57. The number of ether oxygens (including phenoxy) is 1. The summed E-state index contributed by atoms with van der Waals surface area (Å²) < 4.78 is 4.70. The molecule has 0 unspecified atom stereocenters. The summed E-state index contributed by atoms with van der Waals surface area (Å²) in [5.74, 6) is -1.37. The summed E-state index contributed by atoms with van der Waals surface area (Å²) in [6, 6.07) is 3.20. The highest BCUT2D eigenvalue weighted by Gasteiger charge is 2.10. The van der Waals surface area contributed by atoms with E-state index < -0.39 is 10.9 Å².